The third kappa shape index (κ3) is 3.30. The number of H-pyrrole nitrogens is 1. The Morgan fingerprint density at radius 1 is 1.20 bits per heavy atom. The van der Waals surface area contributed by atoms with Crippen LogP contribution >= 0.6 is 0 Å². The topological polar surface area (TPSA) is 101 Å². The molecule has 2 fully saturated rings. The van der Waals surface area contributed by atoms with Gasteiger partial charge in [-0.2, -0.15) is 10.1 Å². The van der Waals surface area contributed by atoms with Crippen LogP contribution in [0, 0.1) is 20.8 Å². The maximum atomic E-state index is 13.1. The summed E-state index contributed by atoms with van der Waals surface area (Å²) in [4.78, 5) is 6.97. The van der Waals surface area contributed by atoms with Crippen LogP contribution in [0.1, 0.15) is 42.6 Å². The molecule has 0 unspecified atom stereocenters. The third-order valence-corrected chi connectivity index (χ3v) is 8.26. The summed E-state index contributed by atoms with van der Waals surface area (Å²) in [6.45, 7) is 5.48. The molecule has 0 spiro atoms. The van der Waals surface area contributed by atoms with Crippen LogP contribution in [-0.4, -0.2) is 52.6 Å². The van der Waals surface area contributed by atoms with Gasteiger partial charge in [0.05, 0.1) is 11.4 Å². The Morgan fingerprint density at radius 3 is 2.57 bits per heavy atom. The molecule has 0 saturated carbocycles. The minimum atomic E-state index is -3.44. The van der Waals surface area contributed by atoms with Crippen LogP contribution in [0.25, 0.3) is 11.1 Å². The number of aromatic nitrogens is 3. The average molecular weight is 431 g/mol. The number of para-hydroxylation sites is 1. The zero-order chi connectivity index (χ0) is 21.0. The van der Waals surface area contributed by atoms with Gasteiger partial charge < -0.3 is 9.15 Å². The summed E-state index contributed by atoms with van der Waals surface area (Å²) in [5.41, 5.74) is 3.73. The average Bonchev–Trinajstić information content (AvgIpc) is 3.30. The van der Waals surface area contributed by atoms with Crippen molar-refractivity contribution in [1.29, 1.82) is 0 Å². The Kier molecular flexibility index (Phi) is 4.62. The van der Waals surface area contributed by atoms with E-state index in [0.29, 0.717) is 22.4 Å². The first kappa shape index (κ1) is 19.6. The fourth-order valence-corrected chi connectivity index (χ4v) is 7.00. The number of nitrogens with one attached hydrogen (secondary N) is 1. The number of benzene rings is 1. The molecule has 2 bridgehead atoms. The lowest BCUT2D eigenvalue weighted by Crippen LogP contribution is -2.48. The zero-order valence-electron chi connectivity index (χ0n) is 17.4. The maximum absolute atomic E-state index is 13.1. The summed E-state index contributed by atoms with van der Waals surface area (Å²) in [5, 5.41) is 6.83. The van der Waals surface area contributed by atoms with Gasteiger partial charge in [0.1, 0.15) is 22.4 Å². The Bertz CT molecular complexity index is 1170. The summed E-state index contributed by atoms with van der Waals surface area (Å²) in [6, 6.07) is 6.19. The second-order valence-electron chi connectivity index (χ2n) is 8.52. The second kappa shape index (κ2) is 7.09. The van der Waals surface area contributed by atoms with Crippen LogP contribution in [-0.2, 0) is 9.84 Å². The molecular weight excluding hydrogens is 404 g/mol. The van der Waals surface area contributed by atoms with Crippen molar-refractivity contribution in [1.82, 2.24) is 20.1 Å². The number of fused-ring (bicyclic) bond motifs is 3. The second-order valence-corrected chi connectivity index (χ2v) is 10.4. The lowest BCUT2D eigenvalue weighted by molar-refractivity contribution is 0.0437. The Hall–Kier alpha value is -2.39. The lowest BCUT2D eigenvalue weighted by atomic mass is 10.0. The molecule has 2 saturated heterocycles. The van der Waals surface area contributed by atoms with Crippen LogP contribution in [0.3, 0.4) is 0 Å². The van der Waals surface area contributed by atoms with E-state index in [2.05, 4.69) is 20.1 Å². The molecule has 30 heavy (non-hydrogen) atoms. The maximum Gasteiger partial charge on any atom is 0.394 e. The number of aromatic amines is 1. The van der Waals surface area contributed by atoms with Gasteiger partial charge in [-0.3, -0.25) is 10.00 Å². The molecule has 0 amide bonds. The lowest BCUT2D eigenvalue weighted by Gasteiger charge is -2.37. The number of aryl methyl sites for hydroxylation is 3. The van der Waals surface area contributed by atoms with Crippen molar-refractivity contribution in [2.75, 3.05) is 5.88 Å². The summed E-state index contributed by atoms with van der Waals surface area (Å²) < 4.78 is 38.0. The summed E-state index contributed by atoms with van der Waals surface area (Å²) >= 11 is 0. The van der Waals surface area contributed by atoms with E-state index in [0.717, 1.165) is 42.3 Å². The van der Waals surface area contributed by atoms with E-state index in [-0.39, 0.29) is 24.1 Å². The molecule has 2 aliphatic heterocycles. The standard InChI is InChI=1S/C21H26N4O4S/c1-12-5-4-6-18-19(12)22-21(29-18)28-17-9-15-7-8-16(10-17)25(15)11-30(26,27)20-13(2)23-24-14(20)3/h4-6,15-17H,7-11H2,1-3H3,(H,23,24)/t15-,16+,17-. The highest BCUT2D eigenvalue weighted by atomic mass is 32.2. The number of ether oxygens (including phenoxy) is 1. The molecule has 0 radical (unpaired) electrons. The van der Waals surface area contributed by atoms with Gasteiger partial charge in [0, 0.05) is 24.9 Å². The predicted molar refractivity (Wildman–Crippen MR) is 111 cm³/mol. The molecule has 2 aliphatic rings. The van der Waals surface area contributed by atoms with E-state index < -0.39 is 9.84 Å². The molecule has 1 aromatic carbocycles. The Morgan fingerprint density at radius 2 is 1.93 bits per heavy atom. The van der Waals surface area contributed by atoms with Gasteiger partial charge in [0.15, 0.2) is 15.4 Å². The van der Waals surface area contributed by atoms with E-state index in [4.69, 9.17) is 9.15 Å². The number of nitrogens with zero attached hydrogens (tertiary/aromatic N) is 3. The van der Waals surface area contributed by atoms with Gasteiger partial charge in [-0.05, 0) is 45.2 Å². The molecule has 1 N–H and O–H groups in total. The van der Waals surface area contributed by atoms with Crippen molar-refractivity contribution in [2.45, 2.75) is 69.5 Å². The Labute approximate surface area is 175 Å². The highest BCUT2D eigenvalue weighted by Gasteiger charge is 2.44. The largest absolute Gasteiger partial charge is 0.447 e. The first-order valence-electron chi connectivity index (χ1n) is 10.3. The van der Waals surface area contributed by atoms with E-state index in [1.807, 2.05) is 25.1 Å². The highest BCUT2D eigenvalue weighted by molar-refractivity contribution is 7.91. The van der Waals surface area contributed by atoms with Gasteiger partial charge >= 0.3 is 6.08 Å². The van der Waals surface area contributed by atoms with Gasteiger partial charge in [0.2, 0.25) is 0 Å². The van der Waals surface area contributed by atoms with Crippen molar-refractivity contribution in [2.24, 2.45) is 0 Å². The molecule has 9 heteroatoms. The molecular formula is C21H26N4O4S. The van der Waals surface area contributed by atoms with E-state index in [1.54, 1.807) is 13.8 Å². The summed E-state index contributed by atoms with van der Waals surface area (Å²) in [6.07, 6.45) is 3.79. The number of sulfone groups is 1. The first-order valence-corrected chi connectivity index (χ1v) is 12.0. The third-order valence-electron chi connectivity index (χ3n) is 6.40. The monoisotopic (exact) mass is 430 g/mol. The number of hydrogen-bond acceptors (Lipinski definition) is 7. The summed E-state index contributed by atoms with van der Waals surface area (Å²) in [7, 11) is -3.44. The van der Waals surface area contributed by atoms with Crippen LogP contribution in [0.2, 0.25) is 0 Å². The number of hydrogen-bond donors (Lipinski definition) is 1. The zero-order valence-corrected chi connectivity index (χ0v) is 18.2. The van der Waals surface area contributed by atoms with Crippen molar-refractivity contribution >= 4 is 20.9 Å². The summed E-state index contributed by atoms with van der Waals surface area (Å²) in [5.74, 6) is 0.0261. The van der Waals surface area contributed by atoms with E-state index >= 15 is 0 Å². The quantitative estimate of drug-likeness (QED) is 0.663. The molecule has 0 aliphatic carbocycles. The fraction of sp³-hybridized carbons (Fsp3) is 0.524. The molecule has 8 nitrogen and oxygen atoms in total. The van der Waals surface area contributed by atoms with Crippen LogP contribution < -0.4 is 4.74 Å². The van der Waals surface area contributed by atoms with Crippen LogP contribution in [0.4, 0.5) is 0 Å². The van der Waals surface area contributed by atoms with Crippen molar-refractivity contribution in [3.05, 3.63) is 35.2 Å². The molecule has 160 valence electrons. The van der Waals surface area contributed by atoms with Crippen molar-refractivity contribution in [3.63, 3.8) is 0 Å². The number of rotatable bonds is 5. The molecule has 5 rings (SSSR count). The van der Waals surface area contributed by atoms with Gasteiger partial charge in [-0.1, -0.05) is 12.1 Å². The minimum absolute atomic E-state index is 0.0211. The number of oxazole rings is 1. The van der Waals surface area contributed by atoms with E-state index in [9.17, 15) is 8.42 Å². The molecule has 3 aromatic rings. The smallest absolute Gasteiger partial charge is 0.394 e. The Balaban J connectivity index is 1.30. The first-order chi connectivity index (χ1) is 14.3. The normalized spacial score (nSPS) is 24.6. The van der Waals surface area contributed by atoms with Gasteiger partial charge in [-0.25, -0.2) is 8.42 Å². The highest BCUT2D eigenvalue weighted by Crippen LogP contribution is 2.38. The SMILES string of the molecule is Cc1n[nH]c(C)c1S(=O)(=O)CN1[C@@H]2CC[C@H]1C[C@H](Oc1nc3c(C)cccc3o1)C2. The predicted octanol–water partition coefficient (Wildman–Crippen LogP) is 3.28. The van der Waals surface area contributed by atoms with Crippen LogP contribution in [0.5, 0.6) is 6.08 Å². The van der Waals surface area contributed by atoms with Gasteiger partial charge in [0.25, 0.3) is 0 Å². The van der Waals surface area contributed by atoms with Crippen molar-refractivity contribution < 1.29 is 17.6 Å². The molecule has 4 heterocycles. The van der Waals surface area contributed by atoms with Gasteiger partial charge in [-0.15, -0.1) is 0 Å². The van der Waals surface area contributed by atoms with E-state index in [1.165, 1.54) is 0 Å². The molecule has 3 atom stereocenters. The molecule has 2 aromatic heterocycles. The minimum Gasteiger partial charge on any atom is -0.447 e. The van der Waals surface area contributed by atoms with Crippen molar-refractivity contribution in [3.8, 4) is 6.08 Å². The van der Waals surface area contributed by atoms with Crippen LogP contribution in [0.15, 0.2) is 27.5 Å². The fourth-order valence-electron chi connectivity index (χ4n) is 5.05. The number of piperidine rings is 1.